The number of carbonyl (C=O) groups excluding carboxylic acids is 1. The van der Waals surface area contributed by atoms with Crippen LogP contribution in [0.3, 0.4) is 0 Å². The molecule has 1 aliphatic heterocycles. The fourth-order valence-electron chi connectivity index (χ4n) is 3.31. The summed E-state index contributed by atoms with van der Waals surface area (Å²) >= 11 is 0. The first kappa shape index (κ1) is 19.7. The highest BCUT2D eigenvalue weighted by Gasteiger charge is 2.30. The lowest BCUT2D eigenvalue weighted by molar-refractivity contribution is -0.110. The van der Waals surface area contributed by atoms with Crippen LogP contribution in [0.4, 0.5) is 0 Å². The molecule has 0 amide bonds. The van der Waals surface area contributed by atoms with E-state index in [1.54, 1.807) is 18.2 Å². The summed E-state index contributed by atoms with van der Waals surface area (Å²) in [6, 6.07) is 6.40. The molecule has 3 unspecified atom stereocenters. The van der Waals surface area contributed by atoms with Gasteiger partial charge in [0.25, 0.3) is 0 Å². The molecule has 25 heavy (non-hydrogen) atoms. The fraction of sp³-hybridized carbons (Fsp3) is 0.650. The van der Waals surface area contributed by atoms with E-state index < -0.39 is 5.97 Å². The number of rotatable bonds is 8. The van der Waals surface area contributed by atoms with Crippen molar-refractivity contribution in [2.45, 2.75) is 83.2 Å². The van der Waals surface area contributed by atoms with Gasteiger partial charge in [-0.05, 0) is 37.8 Å². The van der Waals surface area contributed by atoms with Gasteiger partial charge in [-0.2, -0.15) is 0 Å². The third-order valence-electron chi connectivity index (χ3n) is 4.71. The van der Waals surface area contributed by atoms with Gasteiger partial charge in [0.2, 0.25) is 0 Å². The number of unbranched alkanes of at least 4 members (excludes halogenated alkanes) is 1. The van der Waals surface area contributed by atoms with Crippen molar-refractivity contribution in [1.29, 1.82) is 0 Å². The molecule has 1 aromatic rings. The number of phenols is 1. The zero-order valence-electron chi connectivity index (χ0n) is 15.2. The van der Waals surface area contributed by atoms with E-state index in [0.717, 1.165) is 25.7 Å². The van der Waals surface area contributed by atoms with Crippen molar-refractivity contribution in [1.82, 2.24) is 0 Å². The molecule has 0 spiro atoms. The topological polar surface area (TPSA) is 76.0 Å². The number of aliphatic hydroxyl groups is 1. The van der Waals surface area contributed by atoms with Crippen LogP contribution in [-0.4, -0.2) is 40.6 Å². The van der Waals surface area contributed by atoms with Crippen molar-refractivity contribution in [3.05, 3.63) is 29.8 Å². The second-order valence-corrected chi connectivity index (χ2v) is 6.84. The third kappa shape index (κ3) is 6.01. The van der Waals surface area contributed by atoms with Crippen LogP contribution >= 0.6 is 0 Å². The Kier molecular flexibility index (Phi) is 7.72. The van der Waals surface area contributed by atoms with Gasteiger partial charge in [-0.3, -0.25) is 0 Å². The summed E-state index contributed by atoms with van der Waals surface area (Å²) in [6.45, 7) is 4.14. The van der Waals surface area contributed by atoms with Crippen LogP contribution in [0.25, 0.3) is 0 Å². The number of aromatic hydroxyl groups is 1. The first-order valence-corrected chi connectivity index (χ1v) is 9.35. The number of benzene rings is 1. The van der Waals surface area contributed by atoms with Crippen molar-refractivity contribution >= 4 is 5.97 Å². The summed E-state index contributed by atoms with van der Waals surface area (Å²) in [5, 5.41) is 19.9. The SMILES string of the molecule is CCCCC(C[C@H]1CC(O)CC(CC)O1)OC(=O)c1ccccc1O. The number of phenolic OH excluding ortho intramolecular Hbond substituents is 1. The Labute approximate surface area is 150 Å². The maximum Gasteiger partial charge on any atom is 0.342 e. The van der Waals surface area contributed by atoms with E-state index >= 15 is 0 Å². The van der Waals surface area contributed by atoms with Crippen LogP contribution in [0.5, 0.6) is 5.75 Å². The number of hydrogen-bond donors (Lipinski definition) is 2. The standard InChI is InChI=1S/C20H30O5/c1-3-5-8-16(13-17-12-14(21)11-15(4-2)24-17)25-20(23)18-9-6-7-10-19(18)22/h6-7,9-10,14-17,21-22H,3-5,8,11-13H2,1-2H3/t14?,15?,16?,17-/m1/s1. The van der Waals surface area contributed by atoms with E-state index in [0.29, 0.717) is 19.3 Å². The van der Waals surface area contributed by atoms with Crippen LogP contribution in [0.1, 0.15) is 69.2 Å². The first-order chi connectivity index (χ1) is 12.0. The normalized spacial score (nSPS) is 24.7. The predicted octanol–water partition coefficient (Wildman–Crippen LogP) is 3.82. The molecule has 1 fully saturated rings. The molecule has 4 atom stereocenters. The van der Waals surface area contributed by atoms with Gasteiger partial charge in [-0.15, -0.1) is 0 Å². The van der Waals surface area contributed by atoms with Crippen molar-refractivity contribution in [3.63, 3.8) is 0 Å². The molecule has 1 saturated heterocycles. The third-order valence-corrected chi connectivity index (χ3v) is 4.71. The Morgan fingerprint density at radius 1 is 1.28 bits per heavy atom. The molecular formula is C20H30O5. The average molecular weight is 350 g/mol. The molecule has 0 aromatic heterocycles. The molecule has 2 N–H and O–H groups in total. The Balaban J connectivity index is 2.00. The average Bonchev–Trinajstić information content (AvgIpc) is 2.59. The molecule has 5 heteroatoms. The molecule has 0 saturated carbocycles. The van der Waals surface area contributed by atoms with E-state index in [1.165, 1.54) is 6.07 Å². The summed E-state index contributed by atoms with van der Waals surface area (Å²) in [6.07, 6.45) is 4.73. The number of aliphatic hydroxyl groups excluding tert-OH is 1. The molecule has 0 aliphatic carbocycles. The number of esters is 1. The molecule has 1 aromatic carbocycles. The van der Waals surface area contributed by atoms with E-state index in [-0.39, 0.29) is 35.7 Å². The lowest BCUT2D eigenvalue weighted by Crippen LogP contribution is -2.38. The summed E-state index contributed by atoms with van der Waals surface area (Å²) in [5.41, 5.74) is 0.181. The van der Waals surface area contributed by atoms with Crippen molar-refractivity contribution in [2.24, 2.45) is 0 Å². The lowest BCUT2D eigenvalue weighted by Gasteiger charge is -2.34. The van der Waals surface area contributed by atoms with Crippen molar-refractivity contribution in [3.8, 4) is 5.75 Å². The van der Waals surface area contributed by atoms with Gasteiger partial charge in [0.15, 0.2) is 0 Å². The molecule has 140 valence electrons. The van der Waals surface area contributed by atoms with Gasteiger partial charge in [0.1, 0.15) is 17.4 Å². The number of hydrogen-bond acceptors (Lipinski definition) is 5. The molecule has 0 bridgehead atoms. The number of ether oxygens (including phenoxy) is 2. The molecule has 2 rings (SSSR count). The molecular weight excluding hydrogens is 320 g/mol. The van der Waals surface area contributed by atoms with Crippen molar-refractivity contribution < 1.29 is 24.5 Å². The van der Waals surface area contributed by atoms with E-state index in [2.05, 4.69) is 6.92 Å². The monoisotopic (exact) mass is 350 g/mol. The van der Waals surface area contributed by atoms with Crippen LogP contribution < -0.4 is 0 Å². The van der Waals surface area contributed by atoms with Gasteiger partial charge < -0.3 is 19.7 Å². The summed E-state index contributed by atoms with van der Waals surface area (Å²) < 4.78 is 11.7. The van der Waals surface area contributed by atoms with E-state index in [1.807, 2.05) is 6.92 Å². The fourth-order valence-corrected chi connectivity index (χ4v) is 3.31. The van der Waals surface area contributed by atoms with Gasteiger partial charge in [0, 0.05) is 6.42 Å². The second kappa shape index (κ2) is 9.78. The zero-order valence-corrected chi connectivity index (χ0v) is 15.2. The van der Waals surface area contributed by atoms with Gasteiger partial charge in [-0.25, -0.2) is 4.79 Å². The van der Waals surface area contributed by atoms with Crippen LogP contribution in [0.15, 0.2) is 24.3 Å². The minimum Gasteiger partial charge on any atom is -0.507 e. The Morgan fingerprint density at radius 2 is 2.00 bits per heavy atom. The van der Waals surface area contributed by atoms with Gasteiger partial charge in [-0.1, -0.05) is 38.8 Å². The van der Waals surface area contributed by atoms with E-state index in [9.17, 15) is 15.0 Å². The maximum absolute atomic E-state index is 12.4. The Hall–Kier alpha value is -1.59. The van der Waals surface area contributed by atoms with Crippen LogP contribution in [0.2, 0.25) is 0 Å². The minimum atomic E-state index is -0.511. The molecule has 1 heterocycles. The first-order valence-electron chi connectivity index (χ1n) is 9.35. The molecule has 5 nitrogen and oxygen atoms in total. The molecule has 0 radical (unpaired) electrons. The minimum absolute atomic E-state index is 0.0643. The number of carbonyl (C=O) groups is 1. The smallest absolute Gasteiger partial charge is 0.342 e. The Bertz CT molecular complexity index is 545. The highest BCUT2D eigenvalue weighted by molar-refractivity contribution is 5.92. The van der Waals surface area contributed by atoms with Gasteiger partial charge >= 0.3 is 5.97 Å². The summed E-state index contributed by atoms with van der Waals surface area (Å²) in [7, 11) is 0. The highest BCUT2D eigenvalue weighted by Crippen LogP contribution is 2.27. The van der Waals surface area contributed by atoms with Crippen LogP contribution in [0, 0.1) is 0 Å². The quantitative estimate of drug-likeness (QED) is 0.697. The maximum atomic E-state index is 12.4. The van der Waals surface area contributed by atoms with Crippen LogP contribution in [-0.2, 0) is 9.47 Å². The molecule has 1 aliphatic rings. The predicted molar refractivity (Wildman–Crippen MR) is 95.6 cm³/mol. The highest BCUT2D eigenvalue weighted by atomic mass is 16.5. The summed E-state index contributed by atoms with van der Waals surface area (Å²) in [4.78, 5) is 12.4. The largest absolute Gasteiger partial charge is 0.507 e. The zero-order chi connectivity index (χ0) is 18.2. The van der Waals surface area contributed by atoms with Gasteiger partial charge in [0.05, 0.1) is 18.3 Å². The van der Waals surface area contributed by atoms with E-state index in [4.69, 9.17) is 9.47 Å². The second-order valence-electron chi connectivity index (χ2n) is 6.84. The lowest BCUT2D eigenvalue weighted by atomic mass is 9.95. The number of para-hydroxylation sites is 1. The summed E-state index contributed by atoms with van der Waals surface area (Å²) in [5.74, 6) is -0.584. The van der Waals surface area contributed by atoms with Crippen molar-refractivity contribution in [2.75, 3.05) is 0 Å². The Morgan fingerprint density at radius 3 is 2.68 bits per heavy atom.